The van der Waals surface area contributed by atoms with E-state index in [2.05, 4.69) is 5.10 Å². The fourth-order valence-electron chi connectivity index (χ4n) is 1.77. The summed E-state index contributed by atoms with van der Waals surface area (Å²) in [6, 6.07) is 1.50. The van der Waals surface area contributed by atoms with Gasteiger partial charge in [0.15, 0.2) is 0 Å². The number of aryl methyl sites for hydroxylation is 1. The van der Waals surface area contributed by atoms with E-state index in [-0.39, 0.29) is 12.2 Å². The molecule has 0 spiro atoms. The maximum absolute atomic E-state index is 10.6. The number of nitrogens with zero attached hydrogens (tertiary/aromatic N) is 3. The standard InChI is InChI=1S/C10H13N3O4/c14-10(15)2-1-5-12-8(7-3-4-7)6-9(11-12)13(16)17/h6-7H,1-5H2,(H,14,15). The number of aliphatic carboxylic acids is 1. The molecule has 1 aliphatic carbocycles. The van der Waals surface area contributed by atoms with Crippen LogP contribution in [0.15, 0.2) is 6.07 Å². The molecule has 1 aromatic rings. The maximum atomic E-state index is 10.6. The highest BCUT2D eigenvalue weighted by Crippen LogP contribution is 2.41. The van der Waals surface area contributed by atoms with Gasteiger partial charge < -0.3 is 15.2 Å². The van der Waals surface area contributed by atoms with Crippen molar-refractivity contribution in [2.24, 2.45) is 0 Å². The van der Waals surface area contributed by atoms with Crippen LogP contribution in [-0.2, 0) is 11.3 Å². The van der Waals surface area contributed by atoms with Crippen molar-refractivity contribution < 1.29 is 14.8 Å². The van der Waals surface area contributed by atoms with E-state index >= 15 is 0 Å². The lowest BCUT2D eigenvalue weighted by Gasteiger charge is -1.99. The van der Waals surface area contributed by atoms with Crippen molar-refractivity contribution in [3.63, 3.8) is 0 Å². The second-order valence-electron chi connectivity index (χ2n) is 4.18. The van der Waals surface area contributed by atoms with Crippen LogP contribution in [0.25, 0.3) is 0 Å². The summed E-state index contributed by atoms with van der Waals surface area (Å²) in [4.78, 5) is 20.5. The van der Waals surface area contributed by atoms with Crippen molar-refractivity contribution in [3.8, 4) is 0 Å². The zero-order valence-electron chi connectivity index (χ0n) is 9.20. The second-order valence-corrected chi connectivity index (χ2v) is 4.18. The lowest BCUT2D eigenvalue weighted by atomic mass is 10.2. The topological polar surface area (TPSA) is 98.3 Å². The average Bonchev–Trinajstić information content (AvgIpc) is 2.99. The van der Waals surface area contributed by atoms with Gasteiger partial charge in [0.25, 0.3) is 0 Å². The van der Waals surface area contributed by atoms with Crippen molar-refractivity contribution in [1.82, 2.24) is 9.78 Å². The van der Waals surface area contributed by atoms with Crippen LogP contribution < -0.4 is 0 Å². The van der Waals surface area contributed by atoms with Gasteiger partial charge in [-0.1, -0.05) is 0 Å². The maximum Gasteiger partial charge on any atom is 0.390 e. The molecule has 1 heterocycles. The fraction of sp³-hybridized carbons (Fsp3) is 0.600. The fourth-order valence-corrected chi connectivity index (χ4v) is 1.77. The highest BCUT2D eigenvalue weighted by atomic mass is 16.6. The van der Waals surface area contributed by atoms with Gasteiger partial charge >= 0.3 is 11.8 Å². The molecule has 0 bridgehead atoms. The van der Waals surface area contributed by atoms with E-state index in [4.69, 9.17) is 5.11 Å². The zero-order valence-corrected chi connectivity index (χ0v) is 9.20. The molecule has 1 N–H and O–H groups in total. The molecule has 0 aromatic carbocycles. The Balaban J connectivity index is 2.08. The summed E-state index contributed by atoms with van der Waals surface area (Å²) in [6.07, 6.45) is 2.55. The first-order valence-corrected chi connectivity index (χ1v) is 5.52. The summed E-state index contributed by atoms with van der Waals surface area (Å²) in [7, 11) is 0. The van der Waals surface area contributed by atoms with E-state index in [1.54, 1.807) is 4.68 Å². The molecule has 2 rings (SSSR count). The Kier molecular flexibility index (Phi) is 3.08. The SMILES string of the molecule is O=C(O)CCCn1nc([N+](=O)[O-])cc1C1CC1. The normalized spacial score (nSPS) is 14.8. The Morgan fingerprint density at radius 1 is 1.65 bits per heavy atom. The van der Waals surface area contributed by atoms with Crippen LogP contribution >= 0.6 is 0 Å². The van der Waals surface area contributed by atoms with E-state index < -0.39 is 10.9 Å². The third-order valence-electron chi connectivity index (χ3n) is 2.74. The van der Waals surface area contributed by atoms with Crippen molar-refractivity contribution >= 4 is 11.8 Å². The predicted molar refractivity (Wildman–Crippen MR) is 57.7 cm³/mol. The summed E-state index contributed by atoms with van der Waals surface area (Å²) in [5.74, 6) is -0.650. The van der Waals surface area contributed by atoms with Gasteiger partial charge in [0.05, 0.1) is 23.4 Å². The molecular weight excluding hydrogens is 226 g/mol. The minimum Gasteiger partial charge on any atom is -0.481 e. The number of carbonyl (C=O) groups is 1. The van der Waals surface area contributed by atoms with E-state index in [1.165, 1.54) is 6.07 Å². The van der Waals surface area contributed by atoms with Gasteiger partial charge in [0.2, 0.25) is 0 Å². The lowest BCUT2D eigenvalue weighted by molar-refractivity contribution is -0.389. The van der Waals surface area contributed by atoms with Crippen LogP contribution in [0.3, 0.4) is 0 Å². The number of hydrogen-bond donors (Lipinski definition) is 1. The molecule has 0 aliphatic heterocycles. The van der Waals surface area contributed by atoms with Crippen molar-refractivity contribution in [3.05, 3.63) is 21.9 Å². The Morgan fingerprint density at radius 2 is 2.35 bits per heavy atom. The molecule has 1 saturated carbocycles. The molecule has 7 heteroatoms. The Bertz CT molecular complexity index is 450. The number of nitro groups is 1. The van der Waals surface area contributed by atoms with E-state index in [1.807, 2.05) is 0 Å². The molecule has 7 nitrogen and oxygen atoms in total. The summed E-state index contributed by atoms with van der Waals surface area (Å²) in [5.41, 5.74) is 0.863. The minimum absolute atomic E-state index is 0.0533. The average molecular weight is 239 g/mol. The first-order valence-electron chi connectivity index (χ1n) is 5.52. The molecule has 0 saturated heterocycles. The van der Waals surface area contributed by atoms with Gasteiger partial charge in [0.1, 0.15) is 0 Å². The number of rotatable bonds is 6. The van der Waals surface area contributed by atoms with Crippen molar-refractivity contribution in [2.75, 3.05) is 0 Å². The van der Waals surface area contributed by atoms with Gasteiger partial charge in [0, 0.05) is 12.3 Å². The van der Waals surface area contributed by atoms with E-state index in [0.717, 1.165) is 18.5 Å². The Hall–Kier alpha value is -1.92. The highest BCUT2D eigenvalue weighted by Gasteiger charge is 2.31. The molecule has 0 unspecified atom stereocenters. The third kappa shape index (κ3) is 2.80. The summed E-state index contributed by atoms with van der Waals surface area (Å²) in [5, 5.41) is 23.1. The number of carboxylic acids is 1. The van der Waals surface area contributed by atoms with Crippen LogP contribution in [0.4, 0.5) is 5.82 Å². The molecule has 0 atom stereocenters. The number of hydrogen-bond acceptors (Lipinski definition) is 4. The van der Waals surface area contributed by atoms with E-state index in [9.17, 15) is 14.9 Å². The summed E-state index contributed by atoms with van der Waals surface area (Å²) >= 11 is 0. The molecular formula is C10H13N3O4. The van der Waals surface area contributed by atoms with Crippen LogP contribution in [-0.4, -0.2) is 25.8 Å². The largest absolute Gasteiger partial charge is 0.481 e. The first kappa shape index (κ1) is 11.6. The smallest absolute Gasteiger partial charge is 0.390 e. The molecule has 1 aliphatic rings. The van der Waals surface area contributed by atoms with Gasteiger partial charge in [-0.25, -0.2) is 0 Å². The molecule has 17 heavy (non-hydrogen) atoms. The Labute approximate surface area is 97.2 Å². The van der Waals surface area contributed by atoms with Crippen molar-refractivity contribution in [1.29, 1.82) is 0 Å². The molecule has 1 fully saturated rings. The molecule has 0 radical (unpaired) electrons. The molecule has 0 amide bonds. The predicted octanol–water partition coefficient (Wildman–Crippen LogP) is 1.53. The highest BCUT2D eigenvalue weighted by molar-refractivity contribution is 5.66. The quantitative estimate of drug-likeness (QED) is 0.599. The van der Waals surface area contributed by atoms with Gasteiger partial charge in [-0.15, -0.1) is 0 Å². The van der Waals surface area contributed by atoms with Crippen LogP contribution in [0.1, 0.15) is 37.3 Å². The van der Waals surface area contributed by atoms with Gasteiger partial charge in [-0.05, 0) is 24.2 Å². The first-order chi connectivity index (χ1) is 8.08. The number of aromatic nitrogens is 2. The zero-order chi connectivity index (χ0) is 12.4. The Morgan fingerprint density at radius 3 is 2.88 bits per heavy atom. The van der Waals surface area contributed by atoms with Gasteiger partial charge in [-0.2, -0.15) is 4.68 Å². The van der Waals surface area contributed by atoms with Crippen molar-refractivity contribution in [2.45, 2.75) is 38.1 Å². The van der Waals surface area contributed by atoms with E-state index in [0.29, 0.717) is 18.9 Å². The third-order valence-corrected chi connectivity index (χ3v) is 2.74. The lowest BCUT2D eigenvalue weighted by Crippen LogP contribution is -2.06. The summed E-state index contributed by atoms with van der Waals surface area (Å²) in [6.45, 7) is 0.423. The number of carboxylic acid groups (broad SMARTS) is 1. The van der Waals surface area contributed by atoms with Crippen LogP contribution in [0.5, 0.6) is 0 Å². The minimum atomic E-state index is -0.861. The monoisotopic (exact) mass is 239 g/mol. The molecule has 92 valence electrons. The summed E-state index contributed by atoms with van der Waals surface area (Å²) < 4.78 is 1.58. The van der Waals surface area contributed by atoms with Crippen LogP contribution in [0.2, 0.25) is 0 Å². The second kappa shape index (κ2) is 4.52. The van der Waals surface area contributed by atoms with Gasteiger partial charge in [-0.3, -0.25) is 4.79 Å². The molecule has 1 aromatic heterocycles. The van der Waals surface area contributed by atoms with Crippen LogP contribution in [0, 0.1) is 10.1 Å².